The summed E-state index contributed by atoms with van der Waals surface area (Å²) in [5.41, 5.74) is 4.23. The number of halogens is 1. The number of aliphatic imine (C=N–C) groups is 1. The highest BCUT2D eigenvalue weighted by atomic mass is 19.1. The molecule has 28 heavy (non-hydrogen) atoms. The van der Waals surface area contributed by atoms with Gasteiger partial charge in [0.05, 0.1) is 12.2 Å². The Hall–Kier alpha value is -2.37. The highest BCUT2D eigenvalue weighted by Crippen LogP contribution is 2.24. The van der Waals surface area contributed by atoms with E-state index in [9.17, 15) is 4.39 Å². The van der Waals surface area contributed by atoms with Gasteiger partial charge in [-0.15, -0.1) is 0 Å². The quantitative estimate of drug-likeness (QED) is 0.563. The van der Waals surface area contributed by atoms with Crippen molar-refractivity contribution in [3.8, 4) is 0 Å². The van der Waals surface area contributed by atoms with Crippen LogP contribution in [-0.2, 0) is 18.9 Å². The topological polar surface area (TPSA) is 54.2 Å². The maximum atomic E-state index is 13.6. The number of hydrogen-bond donors (Lipinski definition) is 2. The molecule has 0 aliphatic rings. The molecule has 0 aliphatic heterocycles. The van der Waals surface area contributed by atoms with E-state index in [1.165, 1.54) is 17.3 Å². The lowest BCUT2D eigenvalue weighted by Crippen LogP contribution is -2.43. The Balaban J connectivity index is 2.09. The third kappa shape index (κ3) is 5.57. The molecule has 0 saturated carbocycles. The summed E-state index contributed by atoms with van der Waals surface area (Å²) in [6.45, 7) is 13.9. The molecule has 0 saturated heterocycles. The van der Waals surface area contributed by atoms with Gasteiger partial charge in [0.15, 0.2) is 5.96 Å². The van der Waals surface area contributed by atoms with Crippen molar-refractivity contribution < 1.29 is 4.39 Å². The monoisotopic (exact) mass is 387 g/mol. The van der Waals surface area contributed by atoms with Crippen LogP contribution >= 0.6 is 0 Å². The smallest absolute Gasteiger partial charge is 0.191 e. The second-order valence-corrected chi connectivity index (χ2v) is 8.11. The molecule has 0 amide bonds. The summed E-state index contributed by atoms with van der Waals surface area (Å²) >= 11 is 0. The fraction of sp³-hybridized carbons (Fsp3) is 0.545. The zero-order chi connectivity index (χ0) is 20.9. The maximum absolute atomic E-state index is 13.6. The summed E-state index contributed by atoms with van der Waals surface area (Å²) in [6, 6.07) is 6.97. The second-order valence-electron chi connectivity index (χ2n) is 8.11. The number of nitrogens with one attached hydrogen (secondary N) is 2. The first-order chi connectivity index (χ1) is 13.1. The predicted octanol–water partition coefficient (Wildman–Crippen LogP) is 3.64. The molecule has 1 heterocycles. The van der Waals surface area contributed by atoms with E-state index >= 15 is 0 Å². The molecule has 154 valence electrons. The highest BCUT2D eigenvalue weighted by Gasteiger charge is 2.21. The van der Waals surface area contributed by atoms with Gasteiger partial charge < -0.3 is 10.6 Å². The first kappa shape index (κ1) is 21.9. The third-order valence-corrected chi connectivity index (χ3v) is 5.14. The van der Waals surface area contributed by atoms with Gasteiger partial charge in [0.1, 0.15) is 5.82 Å². The molecule has 5 nitrogen and oxygen atoms in total. The van der Waals surface area contributed by atoms with Crippen molar-refractivity contribution in [2.24, 2.45) is 12.0 Å². The molecule has 0 fully saturated rings. The second kappa shape index (κ2) is 9.22. The third-order valence-electron chi connectivity index (χ3n) is 5.14. The molecule has 2 rings (SSSR count). The molecule has 2 N–H and O–H groups in total. The lowest BCUT2D eigenvalue weighted by atomic mass is 9.85. The van der Waals surface area contributed by atoms with Crippen LogP contribution in [0.2, 0.25) is 0 Å². The van der Waals surface area contributed by atoms with E-state index in [1.54, 1.807) is 12.1 Å². The largest absolute Gasteiger partial charge is 0.357 e. The normalized spacial score (nSPS) is 13.5. The lowest BCUT2D eigenvalue weighted by molar-refractivity contribution is 0.527. The average Bonchev–Trinajstić information content (AvgIpc) is 2.86. The van der Waals surface area contributed by atoms with Gasteiger partial charge in [-0.05, 0) is 57.4 Å². The van der Waals surface area contributed by atoms with Crippen LogP contribution in [0, 0.1) is 19.7 Å². The van der Waals surface area contributed by atoms with Crippen molar-refractivity contribution in [3.63, 3.8) is 0 Å². The Morgan fingerprint density at radius 2 is 2.04 bits per heavy atom. The van der Waals surface area contributed by atoms with E-state index in [2.05, 4.69) is 57.3 Å². The van der Waals surface area contributed by atoms with Crippen LogP contribution in [0.25, 0.3) is 0 Å². The van der Waals surface area contributed by atoms with Crippen LogP contribution in [-0.4, -0.2) is 34.9 Å². The number of hydrogen-bond acceptors (Lipinski definition) is 2. The summed E-state index contributed by atoms with van der Waals surface area (Å²) in [4.78, 5) is 4.77. The van der Waals surface area contributed by atoms with E-state index in [0.717, 1.165) is 30.2 Å². The highest BCUT2D eigenvalue weighted by molar-refractivity contribution is 5.80. The van der Waals surface area contributed by atoms with Gasteiger partial charge in [0.2, 0.25) is 0 Å². The molecular weight excluding hydrogens is 353 g/mol. The number of rotatable bonds is 7. The van der Waals surface area contributed by atoms with Gasteiger partial charge >= 0.3 is 0 Å². The van der Waals surface area contributed by atoms with Crippen LogP contribution in [0.4, 0.5) is 4.39 Å². The minimum Gasteiger partial charge on any atom is -0.357 e. The Labute approximate surface area is 168 Å². The van der Waals surface area contributed by atoms with Crippen LogP contribution in [0.3, 0.4) is 0 Å². The number of guanidine groups is 1. The number of nitrogens with zero attached hydrogens (tertiary/aromatic N) is 3. The molecule has 6 heteroatoms. The standard InChI is InChI=1S/C22H34FN5/c1-8-24-21(25-14-22(5,6)18-10-9-11-19(23)13-18)26-15(2)12-20-16(3)27-28(7)17(20)4/h9-11,13,15H,8,12,14H2,1-7H3,(H2,24,25,26). The molecule has 0 aliphatic carbocycles. The van der Waals surface area contributed by atoms with E-state index in [4.69, 9.17) is 4.99 Å². The zero-order valence-electron chi connectivity index (χ0n) is 18.2. The van der Waals surface area contributed by atoms with Crippen LogP contribution in [0.1, 0.15) is 50.2 Å². The lowest BCUT2D eigenvalue weighted by Gasteiger charge is -2.25. The van der Waals surface area contributed by atoms with Crippen molar-refractivity contribution in [3.05, 3.63) is 52.6 Å². The van der Waals surface area contributed by atoms with Crippen LogP contribution in [0.5, 0.6) is 0 Å². The van der Waals surface area contributed by atoms with E-state index in [1.807, 2.05) is 17.8 Å². The Morgan fingerprint density at radius 1 is 1.32 bits per heavy atom. The molecular formula is C22H34FN5. The van der Waals surface area contributed by atoms with Crippen LogP contribution in [0.15, 0.2) is 29.3 Å². The summed E-state index contributed by atoms with van der Waals surface area (Å²) in [6.07, 6.45) is 0.878. The molecule has 1 atom stereocenters. The Kier molecular flexibility index (Phi) is 7.22. The SMILES string of the molecule is CCNC(=NCC(C)(C)c1cccc(F)c1)NC(C)Cc1c(C)nn(C)c1C. The minimum absolute atomic E-state index is 0.205. The Morgan fingerprint density at radius 3 is 2.61 bits per heavy atom. The van der Waals surface area contributed by atoms with Crippen molar-refractivity contribution >= 4 is 5.96 Å². The summed E-state index contributed by atoms with van der Waals surface area (Å²) in [5, 5.41) is 11.3. The Bertz CT molecular complexity index is 822. The van der Waals surface area contributed by atoms with Crippen molar-refractivity contribution in [2.45, 2.75) is 59.4 Å². The van der Waals surface area contributed by atoms with E-state index in [-0.39, 0.29) is 17.3 Å². The summed E-state index contributed by atoms with van der Waals surface area (Å²) < 4.78 is 15.5. The van der Waals surface area contributed by atoms with Crippen molar-refractivity contribution in [1.29, 1.82) is 0 Å². The van der Waals surface area contributed by atoms with Crippen molar-refractivity contribution in [1.82, 2.24) is 20.4 Å². The molecule has 1 aromatic heterocycles. The van der Waals surface area contributed by atoms with Gasteiger partial charge in [0.25, 0.3) is 0 Å². The molecule has 0 radical (unpaired) electrons. The number of aryl methyl sites for hydroxylation is 2. The molecule has 1 aromatic carbocycles. The van der Waals surface area contributed by atoms with Gasteiger partial charge in [0, 0.05) is 30.7 Å². The van der Waals surface area contributed by atoms with E-state index in [0.29, 0.717) is 6.54 Å². The minimum atomic E-state index is -0.260. The van der Waals surface area contributed by atoms with Gasteiger partial charge in [-0.2, -0.15) is 5.10 Å². The predicted molar refractivity (Wildman–Crippen MR) is 114 cm³/mol. The van der Waals surface area contributed by atoms with Crippen molar-refractivity contribution in [2.75, 3.05) is 13.1 Å². The van der Waals surface area contributed by atoms with Gasteiger partial charge in [-0.3, -0.25) is 9.67 Å². The average molecular weight is 388 g/mol. The van der Waals surface area contributed by atoms with Gasteiger partial charge in [-0.1, -0.05) is 26.0 Å². The molecule has 1 unspecified atom stereocenters. The summed E-state index contributed by atoms with van der Waals surface area (Å²) in [7, 11) is 1.98. The maximum Gasteiger partial charge on any atom is 0.191 e. The zero-order valence-corrected chi connectivity index (χ0v) is 18.2. The van der Waals surface area contributed by atoms with Crippen LogP contribution < -0.4 is 10.6 Å². The number of benzene rings is 1. The molecule has 2 aromatic rings. The fourth-order valence-electron chi connectivity index (χ4n) is 3.30. The fourth-order valence-corrected chi connectivity index (χ4v) is 3.30. The summed E-state index contributed by atoms with van der Waals surface area (Å²) in [5.74, 6) is 0.564. The van der Waals surface area contributed by atoms with Gasteiger partial charge in [-0.25, -0.2) is 4.39 Å². The van der Waals surface area contributed by atoms with E-state index < -0.39 is 0 Å². The molecule has 0 bridgehead atoms. The molecule has 0 spiro atoms. The first-order valence-electron chi connectivity index (χ1n) is 9.94. The number of aromatic nitrogens is 2. The first-order valence-corrected chi connectivity index (χ1v) is 9.94.